The summed E-state index contributed by atoms with van der Waals surface area (Å²) in [5, 5.41) is 3.09. The molecule has 0 unspecified atom stereocenters. The summed E-state index contributed by atoms with van der Waals surface area (Å²) in [6.07, 6.45) is 3.56. The standard InChI is InChI=1S/C14H18FN3O/c1-11(2)18-9-8-17(14(18)19)7-6-16-13-5-3-4-12(15)10-13/h3-5,8-11,16H,6-7H2,1-2H3. The van der Waals surface area contributed by atoms with Gasteiger partial charge in [-0.1, -0.05) is 6.07 Å². The molecule has 2 rings (SSSR count). The van der Waals surface area contributed by atoms with E-state index in [1.807, 2.05) is 13.8 Å². The third kappa shape index (κ3) is 3.24. The quantitative estimate of drug-likeness (QED) is 0.900. The highest BCUT2D eigenvalue weighted by molar-refractivity contribution is 5.42. The molecule has 0 atom stereocenters. The van der Waals surface area contributed by atoms with Gasteiger partial charge in [-0.25, -0.2) is 9.18 Å². The van der Waals surface area contributed by atoms with Crippen molar-refractivity contribution in [2.45, 2.75) is 26.4 Å². The fourth-order valence-corrected chi connectivity index (χ4v) is 1.91. The van der Waals surface area contributed by atoms with Crippen LogP contribution in [0.1, 0.15) is 19.9 Å². The summed E-state index contributed by atoms with van der Waals surface area (Å²) in [5.74, 6) is -0.270. The van der Waals surface area contributed by atoms with Crippen molar-refractivity contribution in [1.29, 1.82) is 0 Å². The van der Waals surface area contributed by atoms with Gasteiger partial charge in [0.15, 0.2) is 0 Å². The van der Waals surface area contributed by atoms with Crippen molar-refractivity contribution < 1.29 is 4.39 Å². The fourth-order valence-electron chi connectivity index (χ4n) is 1.91. The van der Waals surface area contributed by atoms with Crippen LogP contribution in [0.4, 0.5) is 10.1 Å². The Labute approximate surface area is 111 Å². The van der Waals surface area contributed by atoms with Crippen molar-refractivity contribution in [3.63, 3.8) is 0 Å². The molecule has 2 aromatic rings. The molecule has 1 heterocycles. The summed E-state index contributed by atoms with van der Waals surface area (Å²) in [7, 11) is 0. The second-order valence-corrected chi connectivity index (χ2v) is 4.71. The van der Waals surface area contributed by atoms with Crippen LogP contribution in [0, 0.1) is 5.82 Å². The number of benzene rings is 1. The van der Waals surface area contributed by atoms with Gasteiger partial charge in [-0.3, -0.25) is 9.13 Å². The Bertz CT molecular complexity index is 601. The lowest BCUT2D eigenvalue weighted by Crippen LogP contribution is -2.27. The fraction of sp³-hybridized carbons (Fsp3) is 0.357. The largest absolute Gasteiger partial charge is 0.383 e. The van der Waals surface area contributed by atoms with Gasteiger partial charge in [-0.2, -0.15) is 0 Å². The average molecular weight is 263 g/mol. The Morgan fingerprint density at radius 1 is 1.32 bits per heavy atom. The Hall–Kier alpha value is -2.04. The minimum absolute atomic E-state index is 0.0176. The van der Waals surface area contributed by atoms with Crippen molar-refractivity contribution in [2.24, 2.45) is 0 Å². The van der Waals surface area contributed by atoms with Gasteiger partial charge in [0.2, 0.25) is 0 Å². The molecular formula is C14H18FN3O. The van der Waals surface area contributed by atoms with Crippen LogP contribution in [0.5, 0.6) is 0 Å². The third-order valence-corrected chi connectivity index (χ3v) is 2.94. The number of hydrogen-bond donors (Lipinski definition) is 1. The summed E-state index contributed by atoms with van der Waals surface area (Å²) < 4.78 is 16.3. The molecule has 0 spiro atoms. The number of aromatic nitrogens is 2. The Kier molecular flexibility index (Phi) is 4.04. The summed E-state index contributed by atoms with van der Waals surface area (Å²) >= 11 is 0. The zero-order chi connectivity index (χ0) is 13.8. The van der Waals surface area contributed by atoms with Crippen molar-refractivity contribution in [1.82, 2.24) is 9.13 Å². The zero-order valence-corrected chi connectivity index (χ0v) is 11.1. The second kappa shape index (κ2) is 5.73. The molecule has 0 amide bonds. The summed E-state index contributed by atoms with van der Waals surface area (Å²) in [6, 6.07) is 6.44. The van der Waals surface area contributed by atoms with Gasteiger partial charge in [0.25, 0.3) is 0 Å². The molecule has 4 nitrogen and oxygen atoms in total. The molecule has 1 aromatic heterocycles. The van der Waals surface area contributed by atoms with Crippen molar-refractivity contribution in [2.75, 3.05) is 11.9 Å². The average Bonchev–Trinajstić information content (AvgIpc) is 2.71. The van der Waals surface area contributed by atoms with Crippen LogP contribution in [-0.2, 0) is 6.54 Å². The maximum atomic E-state index is 13.0. The minimum Gasteiger partial charge on any atom is -0.383 e. The zero-order valence-electron chi connectivity index (χ0n) is 11.1. The molecule has 0 bridgehead atoms. The van der Waals surface area contributed by atoms with E-state index in [4.69, 9.17) is 0 Å². The van der Waals surface area contributed by atoms with E-state index in [9.17, 15) is 9.18 Å². The minimum atomic E-state index is -0.270. The Morgan fingerprint density at radius 2 is 2.11 bits per heavy atom. The predicted octanol–water partition coefficient (Wildman–Crippen LogP) is 2.48. The number of nitrogens with one attached hydrogen (secondary N) is 1. The number of imidazole rings is 1. The van der Waals surface area contributed by atoms with Crippen molar-refractivity contribution >= 4 is 5.69 Å². The van der Waals surface area contributed by atoms with Gasteiger partial charge in [0.1, 0.15) is 5.82 Å². The molecule has 102 valence electrons. The summed E-state index contributed by atoms with van der Waals surface area (Å²) in [5.41, 5.74) is 0.701. The van der Waals surface area contributed by atoms with Crippen LogP contribution >= 0.6 is 0 Å². The molecule has 19 heavy (non-hydrogen) atoms. The number of rotatable bonds is 5. The summed E-state index contributed by atoms with van der Waals surface area (Å²) in [6.45, 7) is 5.06. The molecule has 0 radical (unpaired) electrons. The first-order chi connectivity index (χ1) is 9.08. The second-order valence-electron chi connectivity index (χ2n) is 4.71. The Balaban J connectivity index is 1.95. The molecular weight excluding hydrogens is 245 g/mol. The van der Waals surface area contributed by atoms with Gasteiger partial charge in [-0.15, -0.1) is 0 Å². The lowest BCUT2D eigenvalue weighted by molar-refractivity contribution is 0.555. The van der Waals surface area contributed by atoms with Crippen molar-refractivity contribution in [3.05, 3.63) is 53.0 Å². The van der Waals surface area contributed by atoms with Gasteiger partial charge in [-0.05, 0) is 32.0 Å². The van der Waals surface area contributed by atoms with Gasteiger partial charge < -0.3 is 5.32 Å². The van der Waals surface area contributed by atoms with E-state index >= 15 is 0 Å². The Morgan fingerprint density at radius 3 is 2.74 bits per heavy atom. The molecule has 1 aromatic carbocycles. The predicted molar refractivity (Wildman–Crippen MR) is 74.0 cm³/mol. The molecule has 0 saturated heterocycles. The number of anilines is 1. The highest BCUT2D eigenvalue weighted by Gasteiger charge is 2.05. The first kappa shape index (κ1) is 13.4. The van der Waals surface area contributed by atoms with Crippen LogP contribution in [0.3, 0.4) is 0 Å². The van der Waals surface area contributed by atoms with Crippen LogP contribution in [0.25, 0.3) is 0 Å². The molecule has 1 N–H and O–H groups in total. The van der Waals surface area contributed by atoms with E-state index in [-0.39, 0.29) is 17.5 Å². The molecule has 0 aliphatic rings. The van der Waals surface area contributed by atoms with Gasteiger partial charge in [0.05, 0.1) is 0 Å². The number of nitrogens with zero attached hydrogens (tertiary/aromatic N) is 2. The lowest BCUT2D eigenvalue weighted by Gasteiger charge is -2.07. The van der Waals surface area contributed by atoms with E-state index in [1.165, 1.54) is 12.1 Å². The molecule has 0 saturated carbocycles. The number of hydrogen-bond acceptors (Lipinski definition) is 2. The SMILES string of the molecule is CC(C)n1ccn(CCNc2cccc(F)c2)c1=O. The maximum absolute atomic E-state index is 13.0. The van der Waals surface area contributed by atoms with Crippen molar-refractivity contribution in [3.8, 4) is 0 Å². The molecule has 0 aliphatic carbocycles. The van der Waals surface area contributed by atoms with Gasteiger partial charge >= 0.3 is 5.69 Å². The number of halogens is 1. The van der Waals surface area contributed by atoms with Crippen LogP contribution < -0.4 is 11.0 Å². The van der Waals surface area contributed by atoms with E-state index < -0.39 is 0 Å². The smallest absolute Gasteiger partial charge is 0.328 e. The molecule has 0 aliphatic heterocycles. The normalized spacial score (nSPS) is 10.9. The summed E-state index contributed by atoms with van der Waals surface area (Å²) in [4.78, 5) is 11.9. The molecule has 0 fully saturated rings. The van der Waals surface area contributed by atoms with Crippen LogP contribution in [0.2, 0.25) is 0 Å². The van der Waals surface area contributed by atoms with E-state index in [1.54, 1.807) is 33.7 Å². The first-order valence-corrected chi connectivity index (χ1v) is 6.34. The third-order valence-electron chi connectivity index (χ3n) is 2.94. The highest BCUT2D eigenvalue weighted by atomic mass is 19.1. The lowest BCUT2D eigenvalue weighted by atomic mass is 10.3. The monoisotopic (exact) mass is 263 g/mol. The topological polar surface area (TPSA) is 39.0 Å². The van der Waals surface area contributed by atoms with E-state index in [0.29, 0.717) is 13.1 Å². The van der Waals surface area contributed by atoms with Crippen LogP contribution in [-0.4, -0.2) is 15.7 Å². The maximum Gasteiger partial charge on any atom is 0.328 e. The highest BCUT2D eigenvalue weighted by Crippen LogP contribution is 2.08. The first-order valence-electron chi connectivity index (χ1n) is 6.34. The molecule has 5 heteroatoms. The van der Waals surface area contributed by atoms with E-state index in [2.05, 4.69) is 5.32 Å². The van der Waals surface area contributed by atoms with Gasteiger partial charge in [0, 0.05) is 37.2 Å². The van der Waals surface area contributed by atoms with Crippen LogP contribution in [0.15, 0.2) is 41.5 Å². The van der Waals surface area contributed by atoms with E-state index in [0.717, 1.165) is 5.69 Å².